The molecular formula is C20H25FN4O2. The standard InChI is InChI=1S/C20H25FN4O2/c1-23-7-6-22-18(23)12-24-9-15-10-25(19(26)13-27-2)20(17(15)11-24)14-4-3-5-16(21)8-14/h3-8,15,17,20H,9-13H2,1-2H3/t15-,17-,20+/m1/s1. The van der Waals surface area contributed by atoms with Crippen LogP contribution in [0.3, 0.4) is 0 Å². The number of fused-ring (bicyclic) bond motifs is 1. The Bertz CT molecular complexity index is 824. The summed E-state index contributed by atoms with van der Waals surface area (Å²) in [5.74, 6) is 1.39. The fourth-order valence-corrected chi connectivity index (χ4v) is 4.60. The second-order valence-corrected chi connectivity index (χ2v) is 7.55. The lowest BCUT2D eigenvalue weighted by molar-refractivity contribution is -0.136. The van der Waals surface area contributed by atoms with Gasteiger partial charge in [-0.15, -0.1) is 0 Å². The smallest absolute Gasteiger partial charge is 0.249 e. The van der Waals surface area contributed by atoms with Crippen LogP contribution in [0.5, 0.6) is 0 Å². The lowest BCUT2D eigenvalue weighted by Crippen LogP contribution is -2.37. The van der Waals surface area contributed by atoms with Crippen molar-refractivity contribution in [3.63, 3.8) is 0 Å². The van der Waals surface area contributed by atoms with E-state index in [1.165, 1.54) is 13.2 Å². The predicted octanol–water partition coefficient (Wildman–Crippen LogP) is 1.84. The van der Waals surface area contributed by atoms with Crippen LogP contribution in [0, 0.1) is 17.7 Å². The Balaban J connectivity index is 1.57. The van der Waals surface area contributed by atoms with Gasteiger partial charge in [0.15, 0.2) is 0 Å². The van der Waals surface area contributed by atoms with Gasteiger partial charge in [-0.1, -0.05) is 12.1 Å². The van der Waals surface area contributed by atoms with E-state index in [0.717, 1.165) is 31.0 Å². The molecule has 0 unspecified atom stereocenters. The molecule has 2 aromatic rings. The van der Waals surface area contributed by atoms with Crippen molar-refractivity contribution in [2.45, 2.75) is 12.6 Å². The van der Waals surface area contributed by atoms with E-state index in [0.29, 0.717) is 12.5 Å². The summed E-state index contributed by atoms with van der Waals surface area (Å²) in [6.07, 6.45) is 3.76. The van der Waals surface area contributed by atoms with Gasteiger partial charge in [0.25, 0.3) is 0 Å². The Kier molecular flexibility index (Phi) is 4.97. The molecule has 1 aromatic carbocycles. The highest BCUT2D eigenvalue weighted by molar-refractivity contribution is 5.78. The van der Waals surface area contributed by atoms with E-state index in [1.54, 1.807) is 12.1 Å². The number of aromatic nitrogens is 2. The van der Waals surface area contributed by atoms with E-state index in [-0.39, 0.29) is 30.3 Å². The maximum Gasteiger partial charge on any atom is 0.249 e. The molecule has 2 aliphatic rings. The van der Waals surface area contributed by atoms with Gasteiger partial charge in [-0.2, -0.15) is 0 Å². The van der Waals surface area contributed by atoms with Crippen molar-refractivity contribution >= 4 is 5.91 Å². The summed E-state index contributed by atoms with van der Waals surface area (Å²) >= 11 is 0. The Hall–Kier alpha value is -2.25. The molecule has 1 aromatic heterocycles. The number of hydrogen-bond acceptors (Lipinski definition) is 4. The van der Waals surface area contributed by atoms with E-state index >= 15 is 0 Å². The molecule has 2 aliphatic heterocycles. The Morgan fingerprint density at radius 2 is 2.19 bits per heavy atom. The molecule has 2 saturated heterocycles. The molecule has 0 spiro atoms. The zero-order chi connectivity index (χ0) is 19.0. The summed E-state index contributed by atoms with van der Waals surface area (Å²) < 4.78 is 21.0. The average Bonchev–Trinajstić information content (AvgIpc) is 3.30. The molecule has 0 radical (unpaired) electrons. The molecule has 3 heterocycles. The summed E-state index contributed by atoms with van der Waals surface area (Å²) in [5.41, 5.74) is 0.866. The van der Waals surface area contributed by atoms with E-state index < -0.39 is 0 Å². The van der Waals surface area contributed by atoms with Gasteiger partial charge in [0, 0.05) is 52.1 Å². The first-order valence-corrected chi connectivity index (χ1v) is 9.29. The zero-order valence-corrected chi connectivity index (χ0v) is 15.7. The van der Waals surface area contributed by atoms with Crippen LogP contribution in [0.15, 0.2) is 36.7 Å². The number of amides is 1. The molecule has 6 nitrogen and oxygen atoms in total. The molecule has 0 saturated carbocycles. The fraction of sp³-hybridized carbons (Fsp3) is 0.500. The molecule has 1 amide bonds. The highest BCUT2D eigenvalue weighted by Gasteiger charge is 2.49. The van der Waals surface area contributed by atoms with Gasteiger partial charge in [-0.3, -0.25) is 9.69 Å². The van der Waals surface area contributed by atoms with E-state index in [2.05, 4.69) is 9.88 Å². The van der Waals surface area contributed by atoms with Crippen molar-refractivity contribution in [1.82, 2.24) is 19.4 Å². The number of imidazole rings is 1. The molecule has 144 valence electrons. The normalized spacial score (nSPS) is 25.1. The number of carbonyl (C=O) groups excluding carboxylic acids is 1. The Labute approximate surface area is 158 Å². The highest BCUT2D eigenvalue weighted by Crippen LogP contribution is 2.45. The van der Waals surface area contributed by atoms with Crippen molar-refractivity contribution in [1.29, 1.82) is 0 Å². The quantitative estimate of drug-likeness (QED) is 0.804. The van der Waals surface area contributed by atoms with Gasteiger partial charge in [0.1, 0.15) is 18.2 Å². The van der Waals surface area contributed by atoms with Gasteiger partial charge in [0.2, 0.25) is 5.91 Å². The summed E-state index contributed by atoms with van der Waals surface area (Å²) in [5, 5.41) is 0. The minimum atomic E-state index is -0.266. The molecule has 27 heavy (non-hydrogen) atoms. The van der Waals surface area contributed by atoms with Crippen LogP contribution in [-0.4, -0.2) is 58.6 Å². The molecule has 0 aliphatic carbocycles. The third-order valence-electron chi connectivity index (χ3n) is 5.80. The monoisotopic (exact) mass is 372 g/mol. The highest BCUT2D eigenvalue weighted by atomic mass is 19.1. The number of rotatable bonds is 5. The third-order valence-corrected chi connectivity index (χ3v) is 5.80. The van der Waals surface area contributed by atoms with Crippen LogP contribution in [-0.2, 0) is 23.1 Å². The average molecular weight is 372 g/mol. The summed E-state index contributed by atoms with van der Waals surface area (Å²) in [6.45, 7) is 3.32. The van der Waals surface area contributed by atoms with Crippen LogP contribution in [0.1, 0.15) is 17.4 Å². The molecule has 7 heteroatoms. The lowest BCUT2D eigenvalue weighted by atomic mass is 9.89. The van der Waals surface area contributed by atoms with Gasteiger partial charge in [0.05, 0.1) is 12.6 Å². The first-order valence-electron chi connectivity index (χ1n) is 9.29. The number of benzene rings is 1. The van der Waals surface area contributed by atoms with E-state index in [4.69, 9.17) is 4.74 Å². The minimum Gasteiger partial charge on any atom is -0.375 e. The van der Waals surface area contributed by atoms with Gasteiger partial charge in [-0.25, -0.2) is 9.37 Å². The van der Waals surface area contributed by atoms with Crippen molar-refractivity contribution in [2.24, 2.45) is 18.9 Å². The lowest BCUT2D eigenvalue weighted by Gasteiger charge is -2.30. The molecule has 0 bridgehead atoms. The fourth-order valence-electron chi connectivity index (χ4n) is 4.60. The van der Waals surface area contributed by atoms with Gasteiger partial charge >= 0.3 is 0 Å². The van der Waals surface area contributed by atoms with Crippen LogP contribution in [0.2, 0.25) is 0 Å². The second kappa shape index (κ2) is 7.40. The van der Waals surface area contributed by atoms with Crippen LogP contribution >= 0.6 is 0 Å². The number of aryl methyl sites for hydroxylation is 1. The van der Waals surface area contributed by atoms with E-state index in [9.17, 15) is 9.18 Å². The van der Waals surface area contributed by atoms with Crippen LogP contribution in [0.25, 0.3) is 0 Å². The van der Waals surface area contributed by atoms with Gasteiger partial charge in [-0.05, 0) is 23.6 Å². The minimum absolute atomic E-state index is 0.0307. The van der Waals surface area contributed by atoms with Crippen molar-refractivity contribution < 1.29 is 13.9 Å². The summed E-state index contributed by atoms with van der Waals surface area (Å²) in [6, 6.07) is 6.53. The largest absolute Gasteiger partial charge is 0.375 e. The van der Waals surface area contributed by atoms with Crippen LogP contribution < -0.4 is 0 Å². The Morgan fingerprint density at radius 3 is 2.89 bits per heavy atom. The first kappa shape index (κ1) is 18.1. The van der Waals surface area contributed by atoms with Crippen molar-refractivity contribution in [2.75, 3.05) is 33.4 Å². The number of ether oxygens (including phenoxy) is 1. The predicted molar refractivity (Wildman–Crippen MR) is 98.2 cm³/mol. The topological polar surface area (TPSA) is 50.6 Å². The van der Waals surface area contributed by atoms with Crippen LogP contribution in [0.4, 0.5) is 4.39 Å². The maximum atomic E-state index is 13.9. The summed E-state index contributed by atoms with van der Waals surface area (Å²) in [4.78, 5) is 21.3. The molecule has 3 atom stereocenters. The Morgan fingerprint density at radius 1 is 1.33 bits per heavy atom. The number of nitrogens with zero attached hydrogens (tertiary/aromatic N) is 4. The molecule has 4 rings (SSSR count). The van der Waals surface area contributed by atoms with Crippen molar-refractivity contribution in [3.05, 3.63) is 53.9 Å². The van der Waals surface area contributed by atoms with Gasteiger partial charge < -0.3 is 14.2 Å². The first-order chi connectivity index (χ1) is 13.1. The second-order valence-electron chi connectivity index (χ2n) is 7.55. The SMILES string of the molecule is COCC(=O)N1C[C@H]2CN(Cc3nccn3C)C[C@H]2[C@@H]1c1cccc(F)c1. The molecule has 2 fully saturated rings. The van der Waals surface area contributed by atoms with E-state index in [1.807, 2.05) is 35.0 Å². The number of hydrogen-bond donors (Lipinski definition) is 0. The maximum absolute atomic E-state index is 13.9. The number of halogens is 1. The third kappa shape index (κ3) is 3.49. The zero-order valence-electron chi connectivity index (χ0n) is 15.7. The number of likely N-dealkylation sites (tertiary alicyclic amines) is 2. The molecular weight excluding hydrogens is 347 g/mol. The molecule has 0 N–H and O–H groups in total. The number of methoxy groups -OCH3 is 1. The summed E-state index contributed by atoms with van der Waals surface area (Å²) in [7, 11) is 3.53. The van der Waals surface area contributed by atoms with Crippen molar-refractivity contribution in [3.8, 4) is 0 Å². The number of carbonyl (C=O) groups is 1.